The minimum absolute atomic E-state index is 0.0902. The smallest absolute Gasteiger partial charge is 0.128 e. The maximum atomic E-state index is 5.87. The molecule has 0 radical (unpaired) electrons. The van der Waals surface area contributed by atoms with Crippen LogP contribution in [-0.4, -0.2) is 5.60 Å². The van der Waals surface area contributed by atoms with E-state index in [9.17, 15) is 0 Å². The van der Waals surface area contributed by atoms with E-state index in [1.54, 1.807) is 0 Å². The number of nitrogens with two attached hydrogens (primary N) is 1. The highest BCUT2D eigenvalue weighted by molar-refractivity contribution is 9.10. The molecule has 0 fully saturated rings. The van der Waals surface area contributed by atoms with E-state index >= 15 is 0 Å². The minimum Gasteiger partial charge on any atom is -0.487 e. The Hall–Kier alpha value is -0.540. The molecule has 0 aliphatic carbocycles. The number of halogens is 1. The van der Waals surface area contributed by atoms with Gasteiger partial charge in [0.05, 0.1) is 0 Å². The molecular weight excluding hydrogens is 242 g/mol. The van der Waals surface area contributed by atoms with Gasteiger partial charge in [-0.1, -0.05) is 15.9 Å². The molecule has 2 N–H and O–H groups in total. The topological polar surface area (TPSA) is 35.2 Å². The molecular formula is C11H14BrNO. The highest BCUT2D eigenvalue weighted by Gasteiger charge is 2.31. The summed E-state index contributed by atoms with van der Waals surface area (Å²) in [6.07, 6.45) is 0.953. The van der Waals surface area contributed by atoms with Crippen LogP contribution in [0, 0.1) is 0 Å². The van der Waals surface area contributed by atoms with Crippen LogP contribution in [0.15, 0.2) is 16.6 Å². The van der Waals surface area contributed by atoms with Gasteiger partial charge >= 0.3 is 0 Å². The molecule has 0 atom stereocenters. The van der Waals surface area contributed by atoms with E-state index < -0.39 is 0 Å². The zero-order valence-corrected chi connectivity index (χ0v) is 10.0. The van der Waals surface area contributed by atoms with Gasteiger partial charge in [-0.15, -0.1) is 0 Å². The van der Waals surface area contributed by atoms with Crippen LogP contribution in [0.2, 0.25) is 0 Å². The van der Waals surface area contributed by atoms with Crippen molar-refractivity contribution >= 4 is 15.9 Å². The lowest BCUT2D eigenvalue weighted by molar-refractivity contribution is 0.137. The van der Waals surface area contributed by atoms with Crippen LogP contribution in [0.5, 0.6) is 5.75 Å². The first-order valence-corrected chi connectivity index (χ1v) is 5.51. The Morgan fingerprint density at radius 2 is 2.21 bits per heavy atom. The van der Waals surface area contributed by atoms with E-state index in [1.165, 1.54) is 5.56 Å². The van der Waals surface area contributed by atoms with Gasteiger partial charge < -0.3 is 10.5 Å². The molecule has 0 saturated heterocycles. The average molecular weight is 256 g/mol. The van der Waals surface area contributed by atoms with Crippen LogP contribution < -0.4 is 10.5 Å². The van der Waals surface area contributed by atoms with E-state index in [2.05, 4.69) is 35.8 Å². The van der Waals surface area contributed by atoms with E-state index in [1.807, 2.05) is 6.07 Å². The molecule has 1 aromatic rings. The summed E-state index contributed by atoms with van der Waals surface area (Å²) in [5, 5.41) is 0. The van der Waals surface area contributed by atoms with Crippen molar-refractivity contribution in [3.05, 3.63) is 27.7 Å². The highest BCUT2D eigenvalue weighted by Crippen LogP contribution is 2.39. The number of hydrogen-bond acceptors (Lipinski definition) is 2. The lowest BCUT2D eigenvalue weighted by atomic mass is 10.0. The van der Waals surface area contributed by atoms with Crippen LogP contribution in [0.4, 0.5) is 0 Å². The number of fused-ring (bicyclic) bond motifs is 1. The predicted molar refractivity (Wildman–Crippen MR) is 60.4 cm³/mol. The first-order chi connectivity index (χ1) is 6.52. The number of ether oxygens (including phenoxy) is 1. The van der Waals surface area contributed by atoms with Crippen LogP contribution in [0.25, 0.3) is 0 Å². The van der Waals surface area contributed by atoms with Crippen LogP contribution in [0.3, 0.4) is 0 Å². The molecule has 14 heavy (non-hydrogen) atoms. The number of rotatable bonds is 1. The summed E-state index contributed by atoms with van der Waals surface area (Å²) in [5.74, 6) is 0.987. The van der Waals surface area contributed by atoms with Gasteiger partial charge in [-0.05, 0) is 31.5 Å². The van der Waals surface area contributed by atoms with Crippen LogP contribution in [0.1, 0.15) is 25.0 Å². The average Bonchev–Trinajstić information content (AvgIpc) is 2.37. The SMILES string of the molecule is CC1(C)Cc2cc(Br)cc(CN)c2O1. The van der Waals surface area contributed by atoms with E-state index in [0.29, 0.717) is 6.54 Å². The molecule has 76 valence electrons. The Balaban J connectivity index is 2.50. The third-order valence-corrected chi connectivity index (χ3v) is 2.88. The third-order valence-electron chi connectivity index (χ3n) is 2.42. The van der Waals surface area contributed by atoms with Crippen molar-refractivity contribution in [2.75, 3.05) is 0 Å². The van der Waals surface area contributed by atoms with Gasteiger partial charge in [-0.25, -0.2) is 0 Å². The molecule has 0 saturated carbocycles. The van der Waals surface area contributed by atoms with Crippen molar-refractivity contribution in [2.45, 2.75) is 32.4 Å². The molecule has 1 aromatic carbocycles. The van der Waals surface area contributed by atoms with Gasteiger partial charge in [0, 0.05) is 23.0 Å². The number of hydrogen-bond donors (Lipinski definition) is 1. The molecule has 3 heteroatoms. The quantitative estimate of drug-likeness (QED) is 0.838. The van der Waals surface area contributed by atoms with Gasteiger partial charge in [-0.2, -0.15) is 0 Å². The van der Waals surface area contributed by atoms with Crippen LogP contribution in [-0.2, 0) is 13.0 Å². The fourth-order valence-electron chi connectivity index (χ4n) is 1.90. The normalized spacial score (nSPS) is 17.7. The summed E-state index contributed by atoms with van der Waals surface area (Å²) >= 11 is 3.48. The molecule has 0 unspecified atom stereocenters. The molecule has 0 amide bonds. The Labute approximate surface area is 92.6 Å². The minimum atomic E-state index is -0.0902. The maximum Gasteiger partial charge on any atom is 0.128 e. The lowest BCUT2D eigenvalue weighted by Gasteiger charge is -2.17. The largest absolute Gasteiger partial charge is 0.487 e. The Morgan fingerprint density at radius 1 is 1.50 bits per heavy atom. The second-order valence-electron chi connectivity index (χ2n) is 4.30. The Morgan fingerprint density at radius 3 is 2.86 bits per heavy atom. The summed E-state index contributed by atoms with van der Waals surface area (Å²) in [5.41, 5.74) is 7.93. The monoisotopic (exact) mass is 255 g/mol. The molecule has 0 aromatic heterocycles. The zero-order valence-electron chi connectivity index (χ0n) is 8.43. The maximum absolute atomic E-state index is 5.87. The van der Waals surface area contributed by atoms with Crippen molar-refractivity contribution in [2.24, 2.45) is 5.73 Å². The van der Waals surface area contributed by atoms with Crippen molar-refractivity contribution in [3.63, 3.8) is 0 Å². The van der Waals surface area contributed by atoms with Gasteiger partial charge in [0.15, 0.2) is 0 Å². The first-order valence-electron chi connectivity index (χ1n) is 4.72. The highest BCUT2D eigenvalue weighted by atomic mass is 79.9. The molecule has 1 heterocycles. The summed E-state index contributed by atoms with van der Waals surface area (Å²) in [6, 6.07) is 4.14. The summed E-state index contributed by atoms with van der Waals surface area (Å²) in [6.45, 7) is 4.72. The first kappa shape index (κ1) is 9.99. The molecule has 2 rings (SSSR count). The van der Waals surface area contributed by atoms with Crippen LogP contribution >= 0.6 is 15.9 Å². The van der Waals surface area contributed by atoms with Gasteiger partial charge in [0.2, 0.25) is 0 Å². The molecule has 1 aliphatic rings. The second kappa shape index (κ2) is 3.24. The van der Waals surface area contributed by atoms with E-state index in [-0.39, 0.29) is 5.60 Å². The second-order valence-corrected chi connectivity index (χ2v) is 5.21. The summed E-state index contributed by atoms with van der Waals surface area (Å²) < 4.78 is 6.95. The van der Waals surface area contributed by atoms with Crippen molar-refractivity contribution in [1.82, 2.24) is 0 Å². The molecule has 0 bridgehead atoms. The molecule has 2 nitrogen and oxygen atoms in total. The van der Waals surface area contributed by atoms with Crippen molar-refractivity contribution < 1.29 is 4.74 Å². The summed E-state index contributed by atoms with van der Waals surface area (Å²) in [7, 11) is 0. The fourth-order valence-corrected chi connectivity index (χ4v) is 2.45. The van der Waals surface area contributed by atoms with Gasteiger partial charge in [-0.3, -0.25) is 0 Å². The Bertz CT molecular complexity index is 374. The van der Waals surface area contributed by atoms with E-state index in [0.717, 1.165) is 22.2 Å². The van der Waals surface area contributed by atoms with Crippen molar-refractivity contribution in [1.29, 1.82) is 0 Å². The summed E-state index contributed by atoms with van der Waals surface area (Å²) in [4.78, 5) is 0. The lowest BCUT2D eigenvalue weighted by Crippen LogP contribution is -2.25. The fraction of sp³-hybridized carbons (Fsp3) is 0.455. The Kier molecular flexibility index (Phi) is 2.32. The molecule has 0 spiro atoms. The van der Waals surface area contributed by atoms with Gasteiger partial charge in [0.25, 0.3) is 0 Å². The van der Waals surface area contributed by atoms with E-state index in [4.69, 9.17) is 10.5 Å². The van der Waals surface area contributed by atoms with Gasteiger partial charge in [0.1, 0.15) is 11.4 Å². The standard InChI is InChI=1S/C11H14BrNO/c1-11(2)5-7-3-9(12)4-8(6-13)10(7)14-11/h3-4H,5-6,13H2,1-2H3. The third kappa shape index (κ3) is 1.66. The zero-order chi connectivity index (χ0) is 10.3. The predicted octanol–water partition coefficient (Wildman–Crippen LogP) is 2.62. The number of benzene rings is 1. The van der Waals surface area contributed by atoms with Crippen molar-refractivity contribution in [3.8, 4) is 5.75 Å². The molecule has 1 aliphatic heterocycles.